The number of anilines is 1. The van der Waals surface area contributed by atoms with Crippen molar-refractivity contribution in [3.05, 3.63) is 24.5 Å². The van der Waals surface area contributed by atoms with Crippen molar-refractivity contribution in [2.45, 2.75) is 6.92 Å². The normalized spacial score (nSPS) is 10.2. The Hall–Kier alpha value is -1.84. The molecule has 13 heavy (non-hydrogen) atoms. The summed E-state index contributed by atoms with van der Waals surface area (Å²) in [6.07, 6.45) is 3.49. The molecule has 66 valence electrons. The van der Waals surface area contributed by atoms with E-state index in [0.717, 1.165) is 10.9 Å². The molecule has 2 aromatic heterocycles. The number of aromatic amines is 1. The molecule has 0 atom stereocenters. The molecule has 0 aromatic carbocycles. The number of carbonyl (C=O) groups excluding carboxylic acids is 1. The zero-order chi connectivity index (χ0) is 9.26. The predicted octanol–water partition coefficient (Wildman–Crippen LogP) is 1.52. The van der Waals surface area contributed by atoms with Crippen LogP contribution in [-0.4, -0.2) is 15.9 Å². The van der Waals surface area contributed by atoms with Crippen molar-refractivity contribution in [3.8, 4) is 0 Å². The first-order valence-electron chi connectivity index (χ1n) is 3.97. The monoisotopic (exact) mass is 175 g/mol. The molecule has 0 radical (unpaired) electrons. The van der Waals surface area contributed by atoms with Gasteiger partial charge >= 0.3 is 0 Å². The number of amides is 1. The number of hydrogen-bond acceptors (Lipinski definition) is 2. The zero-order valence-corrected chi connectivity index (χ0v) is 7.16. The third-order valence-corrected chi connectivity index (χ3v) is 1.77. The smallest absolute Gasteiger partial charge is 0.222 e. The fraction of sp³-hybridized carbons (Fsp3) is 0.111. The Balaban J connectivity index is 2.54. The maximum absolute atomic E-state index is 10.8. The van der Waals surface area contributed by atoms with Crippen LogP contribution in [0.4, 0.5) is 5.82 Å². The maximum Gasteiger partial charge on any atom is 0.222 e. The van der Waals surface area contributed by atoms with E-state index in [4.69, 9.17) is 0 Å². The number of nitrogens with zero attached hydrogens (tertiary/aromatic N) is 1. The van der Waals surface area contributed by atoms with Crippen molar-refractivity contribution in [2.24, 2.45) is 0 Å². The first-order chi connectivity index (χ1) is 6.27. The Kier molecular flexibility index (Phi) is 1.73. The molecule has 0 fully saturated rings. The molecular weight excluding hydrogens is 166 g/mol. The standard InChI is InChI=1S/C9H9N3O/c1-6(13)12-9-8-7(2-4-10-8)3-5-11-9/h2-5,10H,1H3,(H,11,12,13). The van der Waals surface area contributed by atoms with E-state index in [1.54, 1.807) is 6.20 Å². The summed E-state index contributed by atoms with van der Waals surface area (Å²) in [6, 6.07) is 3.82. The lowest BCUT2D eigenvalue weighted by Gasteiger charge is -2.01. The number of rotatable bonds is 1. The maximum atomic E-state index is 10.8. The second-order valence-corrected chi connectivity index (χ2v) is 2.78. The molecule has 1 amide bonds. The molecule has 2 N–H and O–H groups in total. The van der Waals surface area contributed by atoms with Gasteiger partial charge in [-0.3, -0.25) is 4.79 Å². The Bertz CT molecular complexity index is 447. The van der Waals surface area contributed by atoms with Crippen LogP contribution in [0, 0.1) is 0 Å². The quantitative estimate of drug-likeness (QED) is 0.690. The van der Waals surface area contributed by atoms with Crippen LogP contribution in [-0.2, 0) is 4.79 Å². The molecule has 2 rings (SSSR count). The van der Waals surface area contributed by atoms with E-state index >= 15 is 0 Å². The lowest BCUT2D eigenvalue weighted by atomic mass is 10.3. The SMILES string of the molecule is CC(=O)Nc1nccc2cc[nH]c12. The topological polar surface area (TPSA) is 57.8 Å². The summed E-state index contributed by atoms with van der Waals surface area (Å²) >= 11 is 0. The van der Waals surface area contributed by atoms with E-state index in [9.17, 15) is 4.79 Å². The second-order valence-electron chi connectivity index (χ2n) is 2.78. The first kappa shape index (κ1) is 7.79. The molecule has 0 saturated carbocycles. The van der Waals surface area contributed by atoms with Crippen LogP contribution >= 0.6 is 0 Å². The highest BCUT2D eigenvalue weighted by Crippen LogP contribution is 2.18. The Morgan fingerprint density at radius 1 is 1.54 bits per heavy atom. The third kappa shape index (κ3) is 1.38. The Morgan fingerprint density at radius 3 is 3.15 bits per heavy atom. The van der Waals surface area contributed by atoms with Gasteiger partial charge in [0, 0.05) is 24.7 Å². The second kappa shape index (κ2) is 2.90. The van der Waals surface area contributed by atoms with Crippen molar-refractivity contribution in [3.63, 3.8) is 0 Å². The van der Waals surface area contributed by atoms with E-state index in [-0.39, 0.29) is 5.91 Å². The summed E-state index contributed by atoms with van der Waals surface area (Å²) in [6.45, 7) is 1.46. The number of carbonyl (C=O) groups is 1. The first-order valence-corrected chi connectivity index (χ1v) is 3.97. The molecule has 0 bridgehead atoms. The molecule has 0 unspecified atom stereocenters. The Morgan fingerprint density at radius 2 is 2.38 bits per heavy atom. The van der Waals surface area contributed by atoms with Gasteiger partial charge in [0.2, 0.25) is 5.91 Å². The minimum Gasteiger partial charge on any atom is -0.358 e. The van der Waals surface area contributed by atoms with E-state index < -0.39 is 0 Å². The molecule has 4 nitrogen and oxygen atoms in total. The van der Waals surface area contributed by atoms with Gasteiger partial charge in [-0.25, -0.2) is 4.98 Å². The lowest BCUT2D eigenvalue weighted by molar-refractivity contribution is -0.114. The van der Waals surface area contributed by atoms with Gasteiger partial charge in [-0.15, -0.1) is 0 Å². The van der Waals surface area contributed by atoms with Gasteiger partial charge in [-0.2, -0.15) is 0 Å². The van der Waals surface area contributed by atoms with Gasteiger partial charge in [0.25, 0.3) is 0 Å². The van der Waals surface area contributed by atoms with Crippen molar-refractivity contribution in [1.82, 2.24) is 9.97 Å². The minimum absolute atomic E-state index is 0.116. The molecule has 2 heterocycles. The number of nitrogens with one attached hydrogen (secondary N) is 2. The molecular formula is C9H9N3O. The van der Waals surface area contributed by atoms with Crippen LogP contribution in [0.3, 0.4) is 0 Å². The molecule has 0 aliphatic carbocycles. The third-order valence-electron chi connectivity index (χ3n) is 1.77. The van der Waals surface area contributed by atoms with Crippen molar-refractivity contribution in [1.29, 1.82) is 0 Å². The number of hydrogen-bond donors (Lipinski definition) is 2. The van der Waals surface area contributed by atoms with Crippen LogP contribution in [0.15, 0.2) is 24.5 Å². The van der Waals surface area contributed by atoms with Crippen LogP contribution in [0.2, 0.25) is 0 Å². The van der Waals surface area contributed by atoms with E-state index in [1.165, 1.54) is 6.92 Å². The van der Waals surface area contributed by atoms with Crippen LogP contribution < -0.4 is 5.32 Å². The molecule has 0 spiro atoms. The molecule has 4 heteroatoms. The summed E-state index contributed by atoms with van der Waals surface area (Å²) in [5, 5.41) is 3.69. The van der Waals surface area contributed by atoms with E-state index in [0.29, 0.717) is 5.82 Å². The fourth-order valence-corrected chi connectivity index (χ4v) is 1.24. The van der Waals surface area contributed by atoms with Crippen LogP contribution in [0.1, 0.15) is 6.92 Å². The predicted molar refractivity (Wildman–Crippen MR) is 50.4 cm³/mol. The summed E-state index contributed by atoms with van der Waals surface area (Å²) in [5.41, 5.74) is 0.859. The highest BCUT2D eigenvalue weighted by Gasteiger charge is 2.03. The van der Waals surface area contributed by atoms with Gasteiger partial charge in [-0.1, -0.05) is 0 Å². The van der Waals surface area contributed by atoms with Gasteiger partial charge < -0.3 is 10.3 Å². The lowest BCUT2D eigenvalue weighted by Crippen LogP contribution is -2.07. The van der Waals surface area contributed by atoms with E-state index in [2.05, 4.69) is 15.3 Å². The van der Waals surface area contributed by atoms with Gasteiger partial charge in [0.1, 0.15) is 0 Å². The van der Waals surface area contributed by atoms with Gasteiger partial charge in [0.05, 0.1) is 5.52 Å². The van der Waals surface area contributed by atoms with Crippen molar-refractivity contribution in [2.75, 3.05) is 5.32 Å². The largest absolute Gasteiger partial charge is 0.358 e. The number of aromatic nitrogens is 2. The minimum atomic E-state index is -0.116. The average Bonchev–Trinajstić information content (AvgIpc) is 2.51. The van der Waals surface area contributed by atoms with Crippen LogP contribution in [0.5, 0.6) is 0 Å². The van der Waals surface area contributed by atoms with E-state index in [1.807, 2.05) is 18.3 Å². The van der Waals surface area contributed by atoms with Crippen molar-refractivity contribution < 1.29 is 4.79 Å². The summed E-state index contributed by atoms with van der Waals surface area (Å²) in [4.78, 5) is 17.9. The van der Waals surface area contributed by atoms with Gasteiger partial charge in [-0.05, 0) is 12.1 Å². The highest BCUT2D eigenvalue weighted by molar-refractivity contribution is 5.97. The molecule has 2 aromatic rings. The summed E-state index contributed by atoms with van der Waals surface area (Å²) in [5.74, 6) is 0.463. The summed E-state index contributed by atoms with van der Waals surface area (Å²) < 4.78 is 0. The van der Waals surface area contributed by atoms with Crippen LogP contribution in [0.25, 0.3) is 10.9 Å². The molecule has 0 aliphatic rings. The molecule has 0 aliphatic heterocycles. The zero-order valence-electron chi connectivity index (χ0n) is 7.16. The number of pyridine rings is 1. The fourth-order valence-electron chi connectivity index (χ4n) is 1.24. The number of H-pyrrole nitrogens is 1. The summed E-state index contributed by atoms with van der Waals surface area (Å²) in [7, 11) is 0. The average molecular weight is 175 g/mol. The Labute approximate surface area is 75.0 Å². The highest BCUT2D eigenvalue weighted by atomic mass is 16.1. The number of fused-ring (bicyclic) bond motifs is 1. The molecule has 0 saturated heterocycles. The van der Waals surface area contributed by atoms with Crippen molar-refractivity contribution >= 4 is 22.6 Å². The van der Waals surface area contributed by atoms with Gasteiger partial charge in [0.15, 0.2) is 5.82 Å².